The van der Waals surface area contributed by atoms with Crippen molar-refractivity contribution in [1.82, 2.24) is 0 Å². The molecule has 0 aromatic heterocycles. The molecule has 0 radical (unpaired) electrons. The number of allylic oxidation sites excluding steroid dienone is 4. The van der Waals surface area contributed by atoms with Gasteiger partial charge in [-0.1, -0.05) is 12.2 Å². The van der Waals surface area contributed by atoms with Gasteiger partial charge in [0, 0.05) is 0 Å². The fourth-order valence-corrected chi connectivity index (χ4v) is 1.58. The summed E-state index contributed by atoms with van der Waals surface area (Å²) in [5.41, 5.74) is 5.05. The van der Waals surface area contributed by atoms with E-state index in [0.29, 0.717) is 10.6 Å². The van der Waals surface area contributed by atoms with Gasteiger partial charge in [0.05, 0.1) is 10.6 Å². The highest BCUT2D eigenvalue weighted by Gasteiger charge is 2.19. The lowest BCUT2D eigenvalue weighted by Gasteiger charge is -2.19. The standard InChI is InChI=1S/C10H13NS/c1-5-6(2)8(4)10(12)9(11)7(5)3/h11H,1-4H3. The van der Waals surface area contributed by atoms with Crippen molar-refractivity contribution in [3.8, 4) is 0 Å². The van der Waals surface area contributed by atoms with Crippen LogP contribution < -0.4 is 0 Å². The van der Waals surface area contributed by atoms with Gasteiger partial charge in [0.15, 0.2) is 0 Å². The van der Waals surface area contributed by atoms with Crippen LogP contribution >= 0.6 is 12.2 Å². The van der Waals surface area contributed by atoms with Crippen molar-refractivity contribution in [3.05, 3.63) is 22.3 Å². The Kier molecular flexibility index (Phi) is 2.29. The molecule has 1 rings (SSSR count). The van der Waals surface area contributed by atoms with Crippen molar-refractivity contribution in [3.63, 3.8) is 0 Å². The van der Waals surface area contributed by atoms with Crippen LogP contribution in [0.1, 0.15) is 27.7 Å². The average molecular weight is 179 g/mol. The monoisotopic (exact) mass is 179 g/mol. The van der Waals surface area contributed by atoms with Crippen LogP contribution in [0.4, 0.5) is 0 Å². The average Bonchev–Trinajstić information content (AvgIpc) is 2.08. The molecule has 0 saturated heterocycles. The van der Waals surface area contributed by atoms with Gasteiger partial charge in [-0.3, -0.25) is 5.41 Å². The Morgan fingerprint density at radius 1 is 0.833 bits per heavy atom. The van der Waals surface area contributed by atoms with E-state index in [4.69, 9.17) is 17.6 Å². The normalized spacial score (nSPS) is 19.3. The van der Waals surface area contributed by atoms with Crippen molar-refractivity contribution >= 4 is 22.8 Å². The molecule has 0 aromatic carbocycles. The molecule has 0 saturated carbocycles. The highest BCUT2D eigenvalue weighted by molar-refractivity contribution is 7.82. The quantitative estimate of drug-likeness (QED) is 0.568. The van der Waals surface area contributed by atoms with E-state index in [9.17, 15) is 0 Å². The first kappa shape index (κ1) is 9.33. The highest BCUT2D eigenvalue weighted by atomic mass is 32.1. The number of hydrogen-bond acceptors (Lipinski definition) is 2. The lowest BCUT2D eigenvalue weighted by molar-refractivity contribution is 1.24. The zero-order valence-electron chi connectivity index (χ0n) is 7.91. The summed E-state index contributed by atoms with van der Waals surface area (Å²) in [5.74, 6) is 0. The zero-order chi connectivity index (χ0) is 9.46. The molecule has 12 heavy (non-hydrogen) atoms. The summed E-state index contributed by atoms with van der Waals surface area (Å²) in [6.45, 7) is 8.06. The summed E-state index contributed by atoms with van der Waals surface area (Å²) in [5, 5.41) is 7.72. The first-order chi connectivity index (χ1) is 5.46. The number of thiocarbonyl (C=S) groups is 1. The van der Waals surface area contributed by atoms with E-state index in [-0.39, 0.29) is 0 Å². The van der Waals surface area contributed by atoms with Crippen molar-refractivity contribution in [2.24, 2.45) is 0 Å². The summed E-state index contributed by atoms with van der Waals surface area (Å²) in [7, 11) is 0. The molecule has 0 unspecified atom stereocenters. The van der Waals surface area contributed by atoms with Crippen molar-refractivity contribution in [2.75, 3.05) is 0 Å². The fourth-order valence-electron chi connectivity index (χ4n) is 1.28. The minimum absolute atomic E-state index is 0.519. The summed E-state index contributed by atoms with van der Waals surface area (Å²) in [4.78, 5) is 0.704. The van der Waals surface area contributed by atoms with Crippen LogP contribution in [0.3, 0.4) is 0 Å². The third-order valence-corrected chi connectivity index (χ3v) is 3.14. The molecule has 0 aliphatic heterocycles. The molecular formula is C10H13NS. The maximum absolute atomic E-state index is 7.72. The van der Waals surface area contributed by atoms with Gasteiger partial charge in [-0.15, -0.1) is 0 Å². The molecule has 1 aliphatic carbocycles. The predicted octanol–water partition coefficient (Wildman–Crippen LogP) is 3.06. The van der Waals surface area contributed by atoms with Gasteiger partial charge in [0.25, 0.3) is 0 Å². The maximum atomic E-state index is 7.72. The van der Waals surface area contributed by atoms with E-state index in [1.165, 1.54) is 11.1 Å². The van der Waals surface area contributed by atoms with E-state index < -0.39 is 0 Å². The third-order valence-electron chi connectivity index (χ3n) is 2.63. The SMILES string of the molecule is CC1=C(C)C(C)=C(C)C(=S)C1=N. The van der Waals surface area contributed by atoms with Gasteiger partial charge < -0.3 is 0 Å². The Bertz CT molecular complexity index is 283. The lowest BCUT2D eigenvalue weighted by atomic mass is 9.87. The molecule has 0 atom stereocenters. The second-order valence-electron chi connectivity index (χ2n) is 3.20. The Hall–Kier alpha value is -0.760. The third kappa shape index (κ3) is 1.16. The molecule has 1 nitrogen and oxygen atoms in total. The number of rotatable bonds is 0. The van der Waals surface area contributed by atoms with Crippen molar-refractivity contribution < 1.29 is 0 Å². The summed E-state index contributed by atoms with van der Waals surface area (Å²) in [6, 6.07) is 0. The van der Waals surface area contributed by atoms with Crippen LogP contribution in [-0.4, -0.2) is 10.6 Å². The molecule has 2 heteroatoms. The van der Waals surface area contributed by atoms with E-state index in [1.807, 2.05) is 20.8 Å². The van der Waals surface area contributed by atoms with Gasteiger partial charge >= 0.3 is 0 Å². The molecule has 0 aromatic rings. The Morgan fingerprint density at radius 3 is 1.75 bits per heavy atom. The highest BCUT2D eigenvalue weighted by Crippen LogP contribution is 2.25. The summed E-state index contributed by atoms with van der Waals surface area (Å²) >= 11 is 5.14. The Morgan fingerprint density at radius 2 is 1.25 bits per heavy atom. The smallest absolute Gasteiger partial charge is 0.0755 e. The first-order valence-electron chi connectivity index (χ1n) is 3.95. The molecule has 0 fully saturated rings. The van der Waals surface area contributed by atoms with Crippen LogP contribution in [0, 0.1) is 5.41 Å². The first-order valence-corrected chi connectivity index (χ1v) is 4.36. The van der Waals surface area contributed by atoms with E-state index >= 15 is 0 Å². The molecule has 1 N–H and O–H groups in total. The Labute approximate surface area is 78.7 Å². The molecule has 0 amide bonds. The summed E-state index contributed by atoms with van der Waals surface area (Å²) in [6.07, 6.45) is 0. The van der Waals surface area contributed by atoms with Crippen LogP contribution in [0.2, 0.25) is 0 Å². The van der Waals surface area contributed by atoms with E-state index in [1.54, 1.807) is 0 Å². The minimum atomic E-state index is 0.519. The van der Waals surface area contributed by atoms with Crippen LogP contribution in [0.5, 0.6) is 0 Å². The lowest BCUT2D eigenvalue weighted by Crippen LogP contribution is -2.20. The second kappa shape index (κ2) is 2.94. The maximum Gasteiger partial charge on any atom is 0.0755 e. The second-order valence-corrected chi connectivity index (χ2v) is 3.61. The molecule has 1 aliphatic rings. The van der Waals surface area contributed by atoms with Gasteiger partial charge in [-0.25, -0.2) is 0 Å². The zero-order valence-corrected chi connectivity index (χ0v) is 8.72. The fraction of sp³-hybridized carbons (Fsp3) is 0.400. The largest absolute Gasteiger partial charge is 0.299 e. The predicted molar refractivity (Wildman–Crippen MR) is 57.1 cm³/mol. The topological polar surface area (TPSA) is 23.9 Å². The van der Waals surface area contributed by atoms with Gasteiger partial charge in [0.2, 0.25) is 0 Å². The van der Waals surface area contributed by atoms with E-state index in [0.717, 1.165) is 11.1 Å². The Balaban J connectivity index is 3.37. The van der Waals surface area contributed by atoms with Crippen LogP contribution in [0.25, 0.3) is 0 Å². The van der Waals surface area contributed by atoms with Gasteiger partial charge in [-0.2, -0.15) is 0 Å². The number of hydrogen-bond donors (Lipinski definition) is 1. The number of nitrogens with one attached hydrogen (secondary N) is 1. The van der Waals surface area contributed by atoms with Gasteiger partial charge in [0.1, 0.15) is 0 Å². The van der Waals surface area contributed by atoms with Crippen molar-refractivity contribution in [1.29, 1.82) is 5.41 Å². The van der Waals surface area contributed by atoms with Crippen LogP contribution in [-0.2, 0) is 0 Å². The van der Waals surface area contributed by atoms with Crippen LogP contribution in [0.15, 0.2) is 22.3 Å². The molecular weight excluding hydrogens is 166 g/mol. The molecule has 0 bridgehead atoms. The molecule has 0 heterocycles. The minimum Gasteiger partial charge on any atom is -0.299 e. The van der Waals surface area contributed by atoms with Gasteiger partial charge in [-0.05, 0) is 50.0 Å². The van der Waals surface area contributed by atoms with E-state index in [2.05, 4.69) is 6.92 Å². The van der Waals surface area contributed by atoms with Crippen molar-refractivity contribution in [2.45, 2.75) is 27.7 Å². The summed E-state index contributed by atoms with van der Waals surface area (Å²) < 4.78 is 0. The molecule has 64 valence electrons. The molecule has 0 spiro atoms.